The van der Waals surface area contributed by atoms with Crippen LogP contribution >= 0.6 is 0 Å². The first-order valence-corrected chi connectivity index (χ1v) is 4.06. The SMILES string of the molecule is CC(C)(N)CS(=O)(=O)O.[H-].[Na+]. The van der Waals surface area contributed by atoms with Gasteiger partial charge in [-0.3, -0.25) is 4.55 Å². The van der Waals surface area contributed by atoms with Gasteiger partial charge in [-0.1, -0.05) is 0 Å². The van der Waals surface area contributed by atoms with E-state index in [9.17, 15) is 8.42 Å². The molecule has 0 aliphatic carbocycles. The van der Waals surface area contributed by atoms with E-state index in [2.05, 4.69) is 0 Å². The van der Waals surface area contributed by atoms with E-state index >= 15 is 0 Å². The molecule has 0 radical (unpaired) electrons. The van der Waals surface area contributed by atoms with Crippen LogP contribution in [0, 0.1) is 0 Å². The van der Waals surface area contributed by atoms with Gasteiger partial charge in [-0.15, -0.1) is 0 Å². The maximum atomic E-state index is 10.1. The van der Waals surface area contributed by atoms with Crippen molar-refractivity contribution in [2.24, 2.45) is 5.73 Å². The largest absolute Gasteiger partial charge is 1.00 e. The molecule has 0 fully saturated rings. The Bertz CT molecular complexity index is 186. The summed E-state index contributed by atoms with van der Waals surface area (Å²) in [5, 5.41) is 0. The van der Waals surface area contributed by atoms with Crippen molar-refractivity contribution < 1.29 is 44.0 Å². The summed E-state index contributed by atoms with van der Waals surface area (Å²) in [6.07, 6.45) is 0. The molecule has 0 aliphatic heterocycles. The molecule has 3 N–H and O–H groups in total. The van der Waals surface area contributed by atoms with E-state index < -0.39 is 21.4 Å². The molecular formula is C4H12NNaO3S. The molecule has 0 aromatic heterocycles. The molecule has 0 rings (SSSR count). The van der Waals surface area contributed by atoms with E-state index in [0.717, 1.165) is 0 Å². The minimum absolute atomic E-state index is 0. The third-order valence-electron chi connectivity index (χ3n) is 0.554. The number of hydrogen-bond acceptors (Lipinski definition) is 3. The summed E-state index contributed by atoms with van der Waals surface area (Å²) in [6, 6.07) is 0. The Hall–Kier alpha value is 0.870. The maximum absolute atomic E-state index is 10.1. The molecule has 0 aromatic carbocycles. The fraction of sp³-hybridized carbons (Fsp3) is 1.00. The van der Waals surface area contributed by atoms with Gasteiger partial charge in [-0.2, -0.15) is 8.42 Å². The summed E-state index contributed by atoms with van der Waals surface area (Å²) >= 11 is 0. The molecule has 0 heterocycles. The smallest absolute Gasteiger partial charge is 1.00 e. The molecule has 0 atom stereocenters. The molecule has 0 amide bonds. The van der Waals surface area contributed by atoms with Gasteiger partial charge in [-0.05, 0) is 13.8 Å². The zero-order valence-electron chi connectivity index (χ0n) is 7.46. The van der Waals surface area contributed by atoms with Crippen molar-refractivity contribution in [2.45, 2.75) is 19.4 Å². The first-order valence-electron chi connectivity index (χ1n) is 2.45. The summed E-state index contributed by atoms with van der Waals surface area (Å²) < 4.78 is 28.5. The third-order valence-corrected chi connectivity index (χ3v) is 1.66. The van der Waals surface area contributed by atoms with Gasteiger partial charge in [0, 0.05) is 5.54 Å². The molecule has 0 aromatic rings. The van der Waals surface area contributed by atoms with Crippen LogP contribution in [-0.4, -0.2) is 24.3 Å². The zero-order valence-corrected chi connectivity index (χ0v) is 9.27. The van der Waals surface area contributed by atoms with Crippen molar-refractivity contribution in [3.8, 4) is 0 Å². The van der Waals surface area contributed by atoms with Crippen molar-refractivity contribution >= 4 is 10.1 Å². The minimum atomic E-state index is -3.91. The van der Waals surface area contributed by atoms with Crippen LogP contribution in [0.2, 0.25) is 0 Å². The van der Waals surface area contributed by atoms with Crippen LogP contribution in [0.3, 0.4) is 0 Å². The van der Waals surface area contributed by atoms with Crippen LogP contribution in [-0.2, 0) is 10.1 Å². The number of nitrogens with two attached hydrogens (primary N) is 1. The predicted molar refractivity (Wildman–Crippen MR) is 35.8 cm³/mol. The normalized spacial score (nSPS) is 12.4. The molecule has 4 nitrogen and oxygen atoms in total. The van der Waals surface area contributed by atoms with Gasteiger partial charge in [0.05, 0.1) is 5.75 Å². The summed E-state index contributed by atoms with van der Waals surface area (Å²) in [5.74, 6) is -0.403. The summed E-state index contributed by atoms with van der Waals surface area (Å²) in [6.45, 7) is 3.06. The van der Waals surface area contributed by atoms with Gasteiger partial charge >= 0.3 is 29.6 Å². The van der Waals surface area contributed by atoms with E-state index in [1.54, 1.807) is 0 Å². The standard InChI is InChI=1S/C4H11NO3S.Na.H/c1-4(2,5)3-9(6,7)8;;/h3,5H2,1-2H3,(H,6,7,8);;/q;+1;-1. The summed E-state index contributed by atoms with van der Waals surface area (Å²) in [5.41, 5.74) is 4.43. The van der Waals surface area contributed by atoms with Crippen LogP contribution in [0.25, 0.3) is 0 Å². The predicted octanol–water partition coefficient (Wildman–Crippen LogP) is -3.27. The van der Waals surface area contributed by atoms with Crippen molar-refractivity contribution in [3.63, 3.8) is 0 Å². The van der Waals surface area contributed by atoms with E-state index in [-0.39, 0.29) is 31.0 Å². The van der Waals surface area contributed by atoms with Gasteiger partial charge in [0.25, 0.3) is 10.1 Å². The Morgan fingerprint density at radius 1 is 1.60 bits per heavy atom. The number of hydrogen-bond donors (Lipinski definition) is 2. The monoisotopic (exact) mass is 177 g/mol. The topological polar surface area (TPSA) is 80.4 Å². The fourth-order valence-electron chi connectivity index (χ4n) is 0.470. The Labute approximate surface area is 84.7 Å². The van der Waals surface area contributed by atoms with Crippen LogP contribution in [0.15, 0.2) is 0 Å². The minimum Gasteiger partial charge on any atom is -1.00 e. The molecule has 6 heteroatoms. The average Bonchev–Trinajstić information content (AvgIpc) is 1.14. The average molecular weight is 177 g/mol. The second-order valence-corrected chi connectivity index (χ2v) is 4.17. The van der Waals surface area contributed by atoms with Crippen molar-refractivity contribution in [3.05, 3.63) is 0 Å². The molecule has 0 saturated heterocycles. The van der Waals surface area contributed by atoms with Gasteiger partial charge in [-0.25, -0.2) is 0 Å². The molecular weight excluding hydrogens is 165 g/mol. The maximum Gasteiger partial charge on any atom is 1.00 e. The molecule has 58 valence electrons. The van der Waals surface area contributed by atoms with Crippen molar-refractivity contribution in [1.82, 2.24) is 0 Å². The summed E-state index contributed by atoms with van der Waals surface area (Å²) in [7, 11) is -3.91. The van der Waals surface area contributed by atoms with Gasteiger partial charge in [0.15, 0.2) is 0 Å². The molecule has 0 unspecified atom stereocenters. The zero-order chi connectivity index (χ0) is 7.71. The van der Waals surface area contributed by atoms with Crippen molar-refractivity contribution in [2.75, 3.05) is 5.75 Å². The van der Waals surface area contributed by atoms with E-state index in [1.165, 1.54) is 13.8 Å². The Balaban J connectivity index is -0.000000320. The van der Waals surface area contributed by atoms with E-state index in [0.29, 0.717) is 0 Å². The Kier molecular flexibility index (Phi) is 5.43. The van der Waals surface area contributed by atoms with Crippen LogP contribution < -0.4 is 35.3 Å². The summed E-state index contributed by atoms with van der Waals surface area (Å²) in [4.78, 5) is 0. The molecule has 0 spiro atoms. The van der Waals surface area contributed by atoms with Gasteiger partial charge in [0.1, 0.15) is 0 Å². The molecule has 0 saturated carbocycles. The van der Waals surface area contributed by atoms with Crippen molar-refractivity contribution in [1.29, 1.82) is 0 Å². The molecule has 0 aliphatic rings. The van der Waals surface area contributed by atoms with E-state index in [1.807, 2.05) is 0 Å². The fourth-order valence-corrected chi connectivity index (χ4v) is 1.41. The Morgan fingerprint density at radius 2 is 1.90 bits per heavy atom. The third kappa shape index (κ3) is 11.6. The Morgan fingerprint density at radius 3 is 1.90 bits per heavy atom. The van der Waals surface area contributed by atoms with Crippen LogP contribution in [0.5, 0.6) is 0 Å². The van der Waals surface area contributed by atoms with Crippen LogP contribution in [0.4, 0.5) is 0 Å². The van der Waals surface area contributed by atoms with Crippen LogP contribution in [0.1, 0.15) is 15.3 Å². The molecule has 0 bridgehead atoms. The second-order valence-electron chi connectivity index (χ2n) is 2.71. The number of rotatable bonds is 2. The first-order chi connectivity index (χ1) is 3.71. The molecule has 10 heavy (non-hydrogen) atoms. The van der Waals surface area contributed by atoms with Gasteiger partial charge < -0.3 is 7.16 Å². The second kappa shape index (κ2) is 4.04. The van der Waals surface area contributed by atoms with E-state index in [4.69, 9.17) is 10.3 Å². The first kappa shape index (κ1) is 13.5. The quantitative estimate of drug-likeness (QED) is 0.342. The van der Waals surface area contributed by atoms with Gasteiger partial charge in [0.2, 0.25) is 0 Å².